The summed E-state index contributed by atoms with van der Waals surface area (Å²) in [6.07, 6.45) is 1.35. The molecule has 9 nitrogen and oxygen atoms in total. The van der Waals surface area contributed by atoms with Crippen molar-refractivity contribution in [1.82, 2.24) is 13.9 Å². The van der Waals surface area contributed by atoms with Gasteiger partial charge < -0.3 is 10.1 Å². The first-order valence-corrected chi connectivity index (χ1v) is 12.5. The third-order valence-corrected chi connectivity index (χ3v) is 7.91. The fourth-order valence-electron chi connectivity index (χ4n) is 3.34. The Bertz CT molecular complexity index is 1510. The number of ether oxygens (including phenoxy) is 1. The van der Waals surface area contributed by atoms with E-state index >= 15 is 0 Å². The molecule has 0 spiro atoms. The molecule has 0 radical (unpaired) electrons. The van der Waals surface area contributed by atoms with E-state index in [0.29, 0.717) is 21.7 Å². The lowest BCUT2D eigenvalue weighted by Gasteiger charge is -2.12. The molecule has 0 aliphatic rings. The molecule has 4 aromatic rings. The van der Waals surface area contributed by atoms with E-state index in [1.807, 2.05) is 29.6 Å². The third kappa shape index (κ3) is 4.58. The van der Waals surface area contributed by atoms with Crippen LogP contribution in [0, 0.1) is 0 Å². The third-order valence-electron chi connectivity index (χ3n) is 5.19. The minimum atomic E-state index is -3.56. The predicted octanol–water partition coefficient (Wildman–Crippen LogP) is 3.02. The SMILES string of the molecule is COc1ccc(-c2csc3ncn(CC(=O)Nc4ccc(S(=O)(=O)N(C)C)cc4)c(=O)c23)cc1. The fourth-order valence-corrected chi connectivity index (χ4v) is 5.15. The van der Waals surface area contributed by atoms with Gasteiger partial charge in [-0.3, -0.25) is 14.2 Å². The molecule has 2 aromatic carbocycles. The molecule has 0 unspecified atom stereocenters. The summed E-state index contributed by atoms with van der Waals surface area (Å²) in [6, 6.07) is 13.2. The Morgan fingerprint density at radius 1 is 1.12 bits per heavy atom. The quantitative estimate of drug-likeness (QED) is 0.419. The Hall–Kier alpha value is -3.54. The lowest BCUT2D eigenvalue weighted by atomic mass is 10.1. The van der Waals surface area contributed by atoms with Crippen LogP contribution in [0.15, 0.2) is 69.9 Å². The summed E-state index contributed by atoms with van der Waals surface area (Å²) in [5.74, 6) is 0.274. The van der Waals surface area contributed by atoms with Crippen LogP contribution in [0.2, 0.25) is 0 Å². The van der Waals surface area contributed by atoms with Gasteiger partial charge in [0, 0.05) is 30.7 Å². The second-order valence-corrected chi connectivity index (χ2v) is 10.6. The van der Waals surface area contributed by atoms with Gasteiger partial charge in [-0.25, -0.2) is 17.7 Å². The topological polar surface area (TPSA) is 111 Å². The van der Waals surface area contributed by atoms with Crippen molar-refractivity contribution in [3.8, 4) is 16.9 Å². The number of nitrogens with one attached hydrogen (secondary N) is 1. The average molecular weight is 499 g/mol. The number of fused-ring (bicyclic) bond motifs is 1. The zero-order valence-electron chi connectivity index (χ0n) is 18.7. The Balaban J connectivity index is 1.56. The summed E-state index contributed by atoms with van der Waals surface area (Å²) in [6.45, 7) is -0.239. The standard InChI is InChI=1S/C23H22N4O5S2/c1-26(2)34(30,31)18-10-6-16(7-11-18)25-20(28)12-27-14-24-22-21(23(27)29)19(13-33-22)15-4-8-17(32-3)9-5-15/h4-11,13-14H,12H2,1-3H3,(H,25,28). The second-order valence-electron chi connectivity index (χ2n) is 7.60. The van der Waals surface area contributed by atoms with Crippen molar-refractivity contribution in [2.45, 2.75) is 11.4 Å². The first-order valence-electron chi connectivity index (χ1n) is 10.1. The number of carbonyl (C=O) groups excluding carboxylic acids is 1. The van der Waals surface area contributed by atoms with Gasteiger partial charge in [0.25, 0.3) is 5.56 Å². The smallest absolute Gasteiger partial charge is 0.263 e. The van der Waals surface area contributed by atoms with E-state index < -0.39 is 15.9 Å². The highest BCUT2D eigenvalue weighted by Crippen LogP contribution is 2.31. The van der Waals surface area contributed by atoms with Crippen LogP contribution in [0.25, 0.3) is 21.3 Å². The number of nitrogens with zero attached hydrogens (tertiary/aromatic N) is 3. The summed E-state index contributed by atoms with van der Waals surface area (Å²) in [5.41, 5.74) is 1.69. The number of aromatic nitrogens is 2. The molecule has 4 rings (SSSR count). The fraction of sp³-hybridized carbons (Fsp3) is 0.174. The Morgan fingerprint density at radius 2 is 1.79 bits per heavy atom. The summed E-state index contributed by atoms with van der Waals surface area (Å²) < 4.78 is 31.9. The van der Waals surface area contributed by atoms with Gasteiger partial charge >= 0.3 is 0 Å². The molecule has 1 amide bonds. The summed E-state index contributed by atoms with van der Waals surface area (Å²) in [7, 11) is 0.916. The normalized spacial score (nSPS) is 11.6. The van der Waals surface area contributed by atoms with Crippen LogP contribution in [0.4, 0.5) is 5.69 Å². The van der Waals surface area contributed by atoms with E-state index in [1.165, 1.54) is 60.6 Å². The first-order chi connectivity index (χ1) is 16.2. The Kier molecular flexibility index (Phi) is 6.51. The maximum Gasteiger partial charge on any atom is 0.263 e. The largest absolute Gasteiger partial charge is 0.497 e. The van der Waals surface area contributed by atoms with Crippen molar-refractivity contribution >= 4 is 43.2 Å². The van der Waals surface area contributed by atoms with E-state index in [-0.39, 0.29) is 17.0 Å². The van der Waals surface area contributed by atoms with Crippen molar-refractivity contribution in [3.05, 3.63) is 70.6 Å². The van der Waals surface area contributed by atoms with E-state index in [0.717, 1.165) is 15.4 Å². The number of carbonyl (C=O) groups is 1. The molecular formula is C23H22N4O5S2. The van der Waals surface area contributed by atoms with Crippen molar-refractivity contribution < 1.29 is 17.9 Å². The molecule has 11 heteroatoms. The molecule has 0 saturated heterocycles. The van der Waals surface area contributed by atoms with Gasteiger partial charge in [-0.05, 0) is 42.0 Å². The lowest BCUT2D eigenvalue weighted by Crippen LogP contribution is -2.27. The average Bonchev–Trinajstić information content (AvgIpc) is 3.26. The van der Waals surface area contributed by atoms with E-state index in [2.05, 4.69) is 10.3 Å². The van der Waals surface area contributed by atoms with Crippen LogP contribution < -0.4 is 15.6 Å². The van der Waals surface area contributed by atoms with Crippen LogP contribution in [0.3, 0.4) is 0 Å². The predicted molar refractivity (Wildman–Crippen MR) is 132 cm³/mol. The molecule has 2 aromatic heterocycles. The minimum absolute atomic E-state index is 0.116. The summed E-state index contributed by atoms with van der Waals surface area (Å²) in [4.78, 5) is 30.8. The van der Waals surface area contributed by atoms with Gasteiger partial charge in [-0.1, -0.05) is 12.1 Å². The summed E-state index contributed by atoms with van der Waals surface area (Å²) >= 11 is 1.36. The number of amides is 1. The molecule has 0 saturated carbocycles. The van der Waals surface area contributed by atoms with E-state index in [9.17, 15) is 18.0 Å². The molecular weight excluding hydrogens is 476 g/mol. The molecule has 0 aliphatic heterocycles. The van der Waals surface area contributed by atoms with Crippen LogP contribution in [-0.4, -0.2) is 49.4 Å². The number of rotatable bonds is 7. The molecule has 34 heavy (non-hydrogen) atoms. The molecule has 0 bridgehead atoms. The number of methoxy groups -OCH3 is 1. The summed E-state index contributed by atoms with van der Waals surface area (Å²) in [5, 5.41) is 5.00. The minimum Gasteiger partial charge on any atom is -0.497 e. The van der Waals surface area contributed by atoms with Crippen LogP contribution in [-0.2, 0) is 21.4 Å². The van der Waals surface area contributed by atoms with Gasteiger partial charge in [0.05, 0.1) is 23.7 Å². The molecule has 0 fully saturated rings. The van der Waals surface area contributed by atoms with Crippen LogP contribution >= 0.6 is 11.3 Å². The number of sulfonamides is 1. The maximum atomic E-state index is 13.2. The second kappa shape index (κ2) is 9.37. The number of hydrogen-bond acceptors (Lipinski definition) is 7. The molecule has 1 N–H and O–H groups in total. The van der Waals surface area contributed by atoms with E-state index in [4.69, 9.17) is 4.74 Å². The van der Waals surface area contributed by atoms with Crippen LogP contribution in [0.1, 0.15) is 0 Å². The molecule has 2 heterocycles. The van der Waals surface area contributed by atoms with Gasteiger partial charge in [0.15, 0.2) is 0 Å². The van der Waals surface area contributed by atoms with Crippen molar-refractivity contribution in [2.24, 2.45) is 0 Å². The Labute approximate surface area is 200 Å². The molecule has 176 valence electrons. The first kappa shape index (κ1) is 23.6. The molecule has 0 atom stereocenters. The maximum absolute atomic E-state index is 13.2. The monoisotopic (exact) mass is 498 g/mol. The highest BCUT2D eigenvalue weighted by molar-refractivity contribution is 7.89. The van der Waals surface area contributed by atoms with Gasteiger partial charge in [0.2, 0.25) is 15.9 Å². The van der Waals surface area contributed by atoms with Gasteiger partial charge in [-0.15, -0.1) is 11.3 Å². The zero-order chi connectivity index (χ0) is 24.5. The zero-order valence-corrected chi connectivity index (χ0v) is 20.3. The molecule has 0 aliphatic carbocycles. The number of benzene rings is 2. The van der Waals surface area contributed by atoms with Crippen LogP contribution in [0.5, 0.6) is 5.75 Å². The number of anilines is 1. The van der Waals surface area contributed by atoms with Gasteiger partial charge in [-0.2, -0.15) is 0 Å². The highest BCUT2D eigenvalue weighted by Gasteiger charge is 2.18. The Morgan fingerprint density at radius 3 is 2.41 bits per heavy atom. The van der Waals surface area contributed by atoms with Crippen molar-refractivity contribution in [3.63, 3.8) is 0 Å². The lowest BCUT2D eigenvalue weighted by molar-refractivity contribution is -0.116. The van der Waals surface area contributed by atoms with Crippen molar-refractivity contribution in [1.29, 1.82) is 0 Å². The highest BCUT2D eigenvalue weighted by atomic mass is 32.2. The number of hydrogen-bond donors (Lipinski definition) is 1. The van der Waals surface area contributed by atoms with Gasteiger partial charge in [0.1, 0.15) is 17.1 Å². The number of thiophene rings is 1. The van der Waals surface area contributed by atoms with E-state index in [1.54, 1.807) is 7.11 Å². The van der Waals surface area contributed by atoms with Crippen molar-refractivity contribution in [2.75, 3.05) is 26.5 Å².